The highest BCUT2D eigenvalue weighted by Crippen LogP contribution is 2.18. The van der Waals surface area contributed by atoms with Crippen LogP contribution in [0.2, 0.25) is 0 Å². The highest BCUT2D eigenvalue weighted by atomic mass is 16.1. The third kappa shape index (κ3) is 5.18. The van der Waals surface area contributed by atoms with Gasteiger partial charge in [0, 0.05) is 25.2 Å². The van der Waals surface area contributed by atoms with Gasteiger partial charge in [-0.3, -0.25) is 14.8 Å². The number of hydrogen-bond acceptors (Lipinski definition) is 3. The van der Waals surface area contributed by atoms with Gasteiger partial charge in [0.2, 0.25) is 5.91 Å². The molecule has 0 unspecified atom stereocenters. The summed E-state index contributed by atoms with van der Waals surface area (Å²) in [6.07, 6.45) is 3.61. The fraction of sp³-hybridized carbons (Fsp3) is 0.524. The van der Waals surface area contributed by atoms with E-state index >= 15 is 0 Å². The number of H-pyrrole nitrogens is 1. The van der Waals surface area contributed by atoms with Crippen LogP contribution < -0.4 is 5.32 Å². The standard InChI is InChI=1S/C21H30N4O/c1-16-20(17(2)24-23-16)8-9-21(26)22-14-18-10-12-25(13-11-18)15-19-6-4-3-5-7-19/h3-7,18H,8-15H2,1-2H3,(H,22,26)(H,23,24). The van der Waals surface area contributed by atoms with E-state index in [0.717, 1.165) is 56.8 Å². The van der Waals surface area contributed by atoms with Crippen LogP contribution in [0, 0.1) is 19.8 Å². The van der Waals surface area contributed by atoms with Crippen molar-refractivity contribution in [3.63, 3.8) is 0 Å². The first-order valence-corrected chi connectivity index (χ1v) is 9.65. The summed E-state index contributed by atoms with van der Waals surface area (Å²) in [5, 5.41) is 10.3. The molecule has 5 nitrogen and oxygen atoms in total. The summed E-state index contributed by atoms with van der Waals surface area (Å²) in [5.41, 5.74) is 4.63. The van der Waals surface area contributed by atoms with Gasteiger partial charge in [-0.25, -0.2) is 0 Å². The monoisotopic (exact) mass is 354 g/mol. The van der Waals surface area contributed by atoms with Crippen LogP contribution in [0.1, 0.15) is 41.8 Å². The van der Waals surface area contributed by atoms with Crippen LogP contribution in [-0.2, 0) is 17.8 Å². The first-order chi connectivity index (χ1) is 12.6. The lowest BCUT2D eigenvalue weighted by Crippen LogP contribution is -2.38. The lowest BCUT2D eigenvalue weighted by atomic mass is 9.96. The van der Waals surface area contributed by atoms with Crippen molar-refractivity contribution in [3.05, 3.63) is 52.8 Å². The SMILES string of the molecule is Cc1n[nH]c(C)c1CCC(=O)NCC1CCN(Cc2ccccc2)CC1. The molecular formula is C21H30N4O. The van der Waals surface area contributed by atoms with Crippen LogP contribution in [0.25, 0.3) is 0 Å². The number of likely N-dealkylation sites (tertiary alicyclic amines) is 1. The number of aryl methyl sites for hydroxylation is 2. The molecule has 0 saturated carbocycles. The zero-order chi connectivity index (χ0) is 18.4. The van der Waals surface area contributed by atoms with Crippen molar-refractivity contribution in [2.24, 2.45) is 5.92 Å². The number of rotatable bonds is 7. The van der Waals surface area contributed by atoms with Crippen LogP contribution >= 0.6 is 0 Å². The molecule has 0 radical (unpaired) electrons. The first-order valence-electron chi connectivity index (χ1n) is 9.65. The maximum absolute atomic E-state index is 12.2. The zero-order valence-electron chi connectivity index (χ0n) is 15.9. The average Bonchev–Trinajstić information content (AvgIpc) is 2.98. The molecule has 1 aromatic carbocycles. The molecule has 3 rings (SSSR count). The molecule has 5 heteroatoms. The minimum Gasteiger partial charge on any atom is -0.356 e. The second-order valence-electron chi connectivity index (χ2n) is 7.42. The molecule has 1 aliphatic heterocycles. The van der Waals surface area contributed by atoms with E-state index in [1.165, 1.54) is 11.1 Å². The lowest BCUT2D eigenvalue weighted by Gasteiger charge is -2.32. The first kappa shape index (κ1) is 18.6. The van der Waals surface area contributed by atoms with Gasteiger partial charge in [-0.2, -0.15) is 5.10 Å². The van der Waals surface area contributed by atoms with Gasteiger partial charge < -0.3 is 5.32 Å². The molecule has 0 spiro atoms. The molecule has 1 amide bonds. The average molecular weight is 354 g/mol. The van der Waals surface area contributed by atoms with E-state index in [0.29, 0.717) is 12.3 Å². The number of hydrogen-bond donors (Lipinski definition) is 2. The Hall–Kier alpha value is -2.14. The molecule has 2 N–H and O–H groups in total. The highest BCUT2D eigenvalue weighted by Gasteiger charge is 2.19. The Morgan fingerprint density at radius 3 is 2.62 bits per heavy atom. The minimum atomic E-state index is 0.150. The summed E-state index contributed by atoms with van der Waals surface area (Å²) in [6.45, 7) is 8.06. The van der Waals surface area contributed by atoms with Crippen molar-refractivity contribution in [1.29, 1.82) is 0 Å². The largest absolute Gasteiger partial charge is 0.356 e. The Morgan fingerprint density at radius 1 is 1.23 bits per heavy atom. The van der Waals surface area contributed by atoms with Crippen molar-refractivity contribution < 1.29 is 4.79 Å². The Balaban J connectivity index is 1.34. The molecular weight excluding hydrogens is 324 g/mol. The number of carbonyl (C=O) groups is 1. The molecule has 1 aromatic heterocycles. The number of carbonyl (C=O) groups excluding carboxylic acids is 1. The molecule has 0 atom stereocenters. The summed E-state index contributed by atoms with van der Waals surface area (Å²) >= 11 is 0. The van der Waals surface area contributed by atoms with Crippen LogP contribution in [-0.4, -0.2) is 40.6 Å². The molecule has 0 aliphatic carbocycles. The van der Waals surface area contributed by atoms with E-state index < -0.39 is 0 Å². The minimum absolute atomic E-state index is 0.150. The summed E-state index contributed by atoms with van der Waals surface area (Å²) in [5.74, 6) is 0.750. The van der Waals surface area contributed by atoms with Gasteiger partial charge in [-0.1, -0.05) is 30.3 Å². The smallest absolute Gasteiger partial charge is 0.220 e. The number of amides is 1. The topological polar surface area (TPSA) is 61.0 Å². The Labute approximate surface area is 156 Å². The second kappa shape index (κ2) is 8.99. The van der Waals surface area contributed by atoms with E-state index in [-0.39, 0.29) is 5.91 Å². The van der Waals surface area contributed by atoms with Gasteiger partial charge in [0.15, 0.2) is 0 Å². The number of nitrogens with one attached hydrogen (secondary N) is 2. The highest BCUT2D eigenvalue weighted by molar-refractivity contribution is 5.76. The van der Waals surface area contributed by atoms with E-state index in [1.54, 1.807) is 0 Å². The summed E-state index contributed by atoms with van der Waals surface area (Å²) in [4.78, 5) is 14.7. The Kier molecular flexibility index (Phi) is 6.45. The van der Waals surface area contributed by atoms with Crippen molar-refractivity contribution >= 4 is 5.91 Å². The maximum Gasteiger partial charge on any atom is 0.220 e. The fourth-order valence-corrected chi connectivity index (χ4v) is 3.72. The van der Waals surface area contributed by atoms with Gasteiger partial charge in [-0.05, 0) is 63.2 Å². The predicted molar refractivity (Wildman–Crippen MR) is 104 cm³/mol. The normalized spacial score (nSPS) is 15.9. The Bertz CT molecular complexity index is 683. The van der Waals surface area contributed by atoms with Crippen LogP contribution in [0.4, 0.5) is 0 Å². The van der Waals surface area contributed by atoms with Gasteiger partial charge >= 0.3 is 0 Å². The number of aromatic nitrogens is 2. The summed E-state index contributed by atoms with van der Waals surface area (Å²) in [7, 11) is 0. The van der Waals surface area contributed by atoms with Crippen molar-refractivity contribution in [3.8, 4) is 0 Å². The Morgan fingerprint density at radius 2 is 1.96 bits per heavy atom. The fourth-order valence-electron chi connectivity index (χ4n) is 3.72. The van der Waals surface area contributed by atoms with Crippen LogP contribution in [0.3, 0.4) is 0 Å². The quantitative estimate of drug-likeness (QED) is 0.803. The molecule has 140 valence electrons. The number of piperidine rings is 1. The molecule has 0 bridgehead atoms. The van der Waals surface area contributed by atoms with E-state index in [2.05, 4.69) is 50.7 Å². The van der Waals surface area contributed by atoms with E-state index in [9.17, 15) is 4.79 Å². The summed E-state index contributed by atoms with van der Waals surface area (Å²) in [6, 6.07) is 10.6. The molecule has 2 aromatic rings. The van der Waals surface area contributed by atoms with Gasteiger partial charge in [-0.15, -0.1) is 0 Å². The molecule has 2 heterocycles. The lowest BCUT2D eigenvalue weighted by molar-refractivity contribution is -0.121. The summed E-state index contributed by atoms with van der Waals surface area (Å²) < 4.78 is 0. The molecule has 26 heavy (non-hydrogen) atoms. The maximum atomic E-state index is 12.2. The molecule has 1 aliphatic rings. The zero-order valence-corrected chi connectivity index (χ0v) is 15.9. The van der Waals surface area contributed by atoms with Gasteiger partial charge in [0.1, 0.15) is 0 Å². The van der Waals surface area contributed by atoms with Crippen molar-refractivity contribution in [1.82, 2.24) is 20.4 Å². The second-order valence-corrected chi connectivity index (χ2v) is 7.42. The molecule has 1 saturated heterocycles. The number of benzene rings is 1. The van der Waals surface area contributed by atoms with E-state index in [4.69, 9.17) is 0 Å². The van der Waals surface area contributed by atoms with Crippen molar-refractivity contribution in [2.75, 3.05) is 19.6 Å². The van der Waals surface area contributed by atoms with Crippen LogP contribution in [0.15, 0.2) is 30.3 Å². The van der Waals surface area contributed by atoms with Crippen molar-refractivity contribution in [2.45, 2.75) is 46.1 Å². The van der Waals surface area contributed by atoms with Crippen LogP contribution in [0.5, 0.6) is 0 Å². The van der Waals surface area contributed by atoms with Gasteiger partial charge in [0.05, 0.1) is 5.69 Å². The number of aromatic amines is 1. The number of nitrogens with zero attached hydrogens (tertiary/aromatic N) is 2. The predicted octanol–water partition coefficient (Wildman–Crippen LogP) is 2.99. The third-order valence-corrected chi connectivity index (χ3v) is 5.43. The molecule has 1 fully saturated rings. The third-order valence-electron chi connectivity index (χ3n) is 5.43. The van der Waals surface area contributed by atoms with Gasteiger partial charge in [0.25, 0.3) is 0 Å². The van der Waals surface area contributed by atoms with E-state index in [1.807, 2.05) is 13.8 Å².